The molecule has 0 aromatic carbocycles. The molecule has 1 saturated heterocycles. The zero-order valence-corrected chi connectivity index (χ0v) is 10.6. The largest absolute Gasteiger partial charge is 0.327 e. The van der Waals surface area contributed by atoms with Gasteiger partial charge in [-0.15, -0.1) is 0 Å². The normalized spacial score (nSPS) is 45.4. The standard InChI is InChI=1S/C14H26N2/c1-10-4-14(5-10)16-8-12(6-11-2-3-11)7-13(15)9-16/h10-14H,2-9,15H2,1H3. The van der Waals surface area contributed by atoms with E-state index in [0.29, 0.717) is 6.04 Å². The van der Waals surface area contributed by atoms with Gasteiger partial charge in [0.1, 0.15) is 0 Å². The molecule has 0 aromatic rings. The molecule has 3 fully saturated rings. The highest BCUT2D eigenvalue weighted by atomic mass is 15.2. The minimum atomic E-state index is 0.452. The molecule has 1 aliphatic heterocycles. The number of piperidine rings is 1. The Bertz CT molecular complexity index is 241. The van der Waals surface area contributed by atoms with Gasteiger partial charge in [0, 0.05) is 25.2 Å². The summed E-state index contributed by atoms with van der Waals surface area (Å²) in [5, 5.41) is 0. The second kappa shape index (κ2) is 4.30. The minimum Gasteiger partial charge on any atom is -0.327 e. The number of likely N-dealkylation sites (tertiary alicyclic amines) is 1. The lowest BCUT2D eigenvalue weighted by Crippen LogP contribution is -2.54. The third kappa shape index (κ3) is 2.43. The molecule has 0 spiro atoms. The Morgan fingerprint density at radius 2 is 1.81 bits per heavy atom. The summed E-state index contributed by atoms with van der Waals surface area (Å²) in [6.45, 7) is 4.89. The van der Waals surface area contributed by atoms with Crippen molar-refractivity contribution in [2.75, 3.05) is 13.1 Å². The van der Waals surface area contributed by atoms with Gasteiger partial charge in [-0.1, -0.05) is 19.8 Å². The number of hydrogen-bond donors (Lipinski definition) is 1. The van der Waals surface area contributed by atoms with Crippen LogP contribution in [0.5, 0.6) is 0 Å². The molecule has 2 aliphatic carbocycles. The molecule has 1 heterocycles. The summed E-state index contributed by atoms with van der Waals surface area (Å²) in [7, 11) is 0. The Labute approximate surface area is 99.6 Å². The quantitative estimate of drug-likeness (QED) is 0.793. The van der Waals surface area contributed by atoms with E-state index >= 15 is 0 Å². The van der Waals surface area contributed by atoms with E-state index in [9.17, 15) is 0 Å². The highest BCUT2D eigenvalue weighted by molar-refractivity contribution is 4.92. The molecule has 2 atom stereocenters. The Morgan fingerprint density at radius 3 is 2.44 bits per heavy atom. The van der Waals surface area contributed by atoms with Gasteiger partial charge in [0.15, 0.2) is 0 Å². The number of rotatable bonds is 3. The van der Waals surface area contributed by atoms with E-state index in [-0.39, 0.29) is 0 Å². The summed E-state index contributed by atoms with van der Waals surface area (Å²) in [4.78, 5) is 2.71. The molecular weight excluding hydrogens is 196 g/mol. The summed E-state index contributed by atoms with van der Waals surface area (Å²) >= 11 is 0. The molecule has 2 saturated carbocycles. The van der Waals surface area contributed by atoms with Crippen molar-refractivity contribution < 1.29 is 0 Å². The van der Waals surface area contributed by atoms with Crippen LogP contribution in [0.4, 0.5) is 0 Å². The van der Waals surface area contributed by atoms with Crippen LogP contribution in [0.1, 0.15) is 45.4 Å². The summed E-state index contributed by atoms with van der Waals surface area (Å²) in [6.07, 6.45) is 8.58. The van der Waals surface area contributed by atoms with Crippen LogP contribution < -0.4 is 5.73 Å². The molecule has 16 heavy (non-hydrogen) atoms. The van der Waals surface area contributed by atoms with Gasteiger partial charge in [-0.25, -0.2) is 0 Å². The first-order valence-electron chi connectivity index (χ1n) is 7.20. The molecule has 2 nitrogen and oxygen atoms in total. The van der Waals surface area contributed by atoms with Crippen LogP contribution in [-0.4, -0.2) is 30.1 Å². The topological polar surface area (TPSA) is 29.3 Å². The lowest BCUT2D eigenvalue weighted by molar-refractivity contribution is 0.0372. The number of nitrogens with two attached hydrogens (primary N) is 1. The molecule has 92 valence electrons. The van der Waals surface area contributed by atoms with Crippen LogP contribution in [0.2, 0.25) is 0 Å². The average Bonchev–Trinajstić information content (AvgIpc) is 2.96. The Kier molecular flexibility index (Phi) is 2.97. The molecule has 2 heteroatoms. The smallest absolute Gasteiger partial charge is 0.0171 e. The zero-order chi connectivity index (χ0) is 11.1. The Hall–Kier alpha value is -0.0800. The maximum absolute atomic E-state index is 6.22. The fourth-order valence-electron chi connectivity index (χ4n) is 3.74. The van der Waals surface area contributed by atoms with E-state index in [2.05, 4.69) is 11.8 Å². The van der Waals surface area contributed by atoms with Crippen LogP contribution in [0, 0.1) is 17.8 Å². The van der Waals surface area contributed by atoms with Crippen molar-refractivity contribution in [3.63, 3.8) is 0 Å². The highest BCUT2D eigenvalue weighted by Gasteiger charge is 2.37. The van der Waals surface area contributed by atoms with Crippen molar-refractivity contribution in [3.8, 4) is 0 Å². The Morgan fingerprint density at radius 1 is 1.06 bits per heavy atom. The van der Waals surface area contributed by atoms with Crippen molar-refractivity contribution in [1.82, 2.24) is 4.90 Å². The number of nitrogens with zero attached hydrogens (tertiary/aromatic N) is 1. The van der Waals surface area contributed by atoms with Gasteiger partial charge in [-0.3, -0.25) is 4.90 Å². The van der Waals surface area contributed by atoms with Gasteiger partial charge in [0.25, 0.3) is 0 Å². The SMILES string of the molecule is CC1CC(N2CC(N)CC(CC3CC3)C2)C1. The summed E-state index contributed by atoms with van der Waals surface area (Å²) in [5.41, 5.74) is 6.22. The second-order valence-electron chi connectivity index (χ2n) is 6.73. The molecule has 0 radical (unpaired) electrons. The second-order valence-corrected chi connectivity index (χ2v) is 6.73. The van der Waals surface area contributed by atoms with E-state index in [4.69, 9.17) is 5.73 Å². The van der Waals surface area contributed by atoms with Crippen LogP contribution in [0.15, 0.2) is 0 Å². The van der Waals surface area contributed by atoms with Crippen LogP contribution in [0.3, 0.4) is 0 Å². The van der Waals surface area contributed by atoms with Crippen LogP contribution in [-0.2, 0) is 0 Å². The maximum Gasteiger partial charge on any atom is 0.0171 e. The molecular formula is C14H26N2. The fourth-order valence-corrected chi connectivity index (χ4v) is 3.74. The van der Waals surface area contributed by atoms with Gasteiger partial charge in [-0.2, -0.15) is 0 Å². The van der Waals surface area contributed by atoms with Crippen LogP contribution >= 0.6 is 0 Å². The van der Waals surface area contributed by atoms with Crippen LogP contribution in [0.25, 0.3) is 0 Å². The van der Waals surface area contributed by atoms with Gasteiger partial charge in [0.2, 0.25) is 0 Å². The van der Waals surface area contributed by atoms with Crippen molar-refractivity contribution in [3.05, 3.63) is 0 Å². The Balaban J connectivity index is 1.53. The molecule has 0 amide bonds. The molecule has 2 unspecified atom stereocenters. The summed E-state index contributed by atoms with van der Waals surface area (Å²) in [5.74, 6) is 2.94. The monoisotopic (exact) mass is 222 g/mol. The third-order valence-corrected chi connectivity index (χ3v) is 4.83. The van der Waals surface area contributed by atoms with E-state index in [1.165, 1.54) is 51.6 Å². The van der Waals surface area contributed by atoms with Gasteiger partial charge in [-0.05, 0) is 43.4 Å². The first-order valence-corrected chi connectivity index (χ1v) is 7.20. The predicted molar refractivity (Wildman–Crippen MR) is 67.2 cm³/mol. The van der Waals surface area contributed by atoms with Gasteiger partial charge >= 0.3 is 0 Å². The molecule has 2 N–H and O–H groups in total. The lowest BCUT2D eigenvalue weighted by atomic mass is 9.78. The fraction of sp³-hybridized carbons (Fsp3) is 1.00. The highest BCUT2D eigenvalue weighted by Crippen LogP contribution is 2.39. The van der Waals surface area contributed by atoms with E-state index in [1.54, 1.807) is 0 Å². The van der Waals surface area contributed by atoms with Gasteiger partial charge in [0.05, 0.1) is 0 Å². The third-order valence-electron chi connectivity index (χ3n) is 4.83. The lowest BCUT2D eigenvalue weighted by Gasteiger charge is -2.47. The molecule has 3 aliphatic rings. The van der Waals surface area contributed by atoms with E-state index < -0.39 is 0 Å². The number of hydrogen-bond acceptors (Lipinski definition) is 2. The minimum absolute atomic E-state index is 0.452. The van der Waals surface area contributed by atoms with Gasteiger partial charge < -0.3 is 5.73 Å². The molecule has 0 aromatic heterocycles. The average molecular weight is 222 g/mol. The van der Waals surface area contributed by atoms with Crippen molar-refractivity contribution >= 4 is 0 Å². The summed E-state index contributed by atoms with van der Waals surface area (Å²) in [6, 6.07) is 1.33. The first kappa shape index (κ1) is 11.0. The molecule has 3 rings (SSSR count). The predicted octanol–water partition coefficient (Wildman–Crippen LogP) is 2.23. The van der Waals surface area contributed by atoms with Crippen molar-refractivity contribution in [2.24, 2.45) is 23.5 Å². The summed E-state index contributed by atoms with van der Waals surface area (Å²) < 4.78 is 0. The van der Waals surface area contributed by atoms with E-state index in [1.807, 2.05) is 0 Å². The molecule has 0 bridgehead atoms. The van der Waals surface area contributed by atoms with Crippen molar-refractivity contribution in [1.29, 1.82) is 0 Å². The zero-order valence-electron chi connectivity index (χ0n) is 10.6. The van der Waals surface area contributed by atoms with E-state index in [0.717, 1.165) is 23.8 Å². The van der Waals surface area contributed by atoms with Crippen molar-refractivity contribution in [2.45, 2.75) is 57.5 Å². The first-order chi connectivity index (χ1) is 7.70. The maximum atomic E-state index is 6.22.